The van der Waals surface area contributed by atoms with Crippen molar-refractivity contribution in [3.8, 4) is 5.75 Å². The summed E-state index contributed by atoms with van der Waals surface area (Å²) in [7, 11) is -0.105. The van der Waals surface area contributed by atoms with Crippen molar-refractivity contribution in [1.82, 2.24) is 0 Å². The monoisotopic (exact) mass is 226 g/mol. The molecule has 1 rings (SSSR count). The van der Waals surface area contributed by atoms with Crippen molar-refractivity contribution in [3.05, 3.63) is 24.3 Å². The van der Waals surface area contributed by atoms with E-state index >= 15 is 0 Å². The molecule has 15 heavy (non-hydrogen) atoms. The summed E-state index contributed by atoms with van der Waals surface area (Å²) in [5.41, 5.74) is 0. The molecule has 1 aromatic carbocycles. The molecule has 0 saturated carbocycles. The molecule has 0 heterocycles. The number of benzene rings is 1. The third kappa shape index (κ3) is 3.34. The molecule has 0 radical (unpaired) electrons. The van der Waals surface area contributed by atoms with E-state index in [9.17, 15) is 0 Å². The van der Waals surface area contributed by atoms with Crippen molar-refractivity contribution >= 4 is 14.5 Å². The van der Waals surface area contributed by atoms with E-state index in [2.05, 4.69) is 0 Å². The number of para-hydroxylation sites is 1. The molecule has 3 nitrogen and oxygen atoms in total. The lowest BCUT2D eigenvalue weighted by Crippen LogP contribution is -2.37. The van der Waals surface area contributed by atoms with Crippen LogP contribution >= 0.6 is 0 Å². The van der Waals surface area contributed by atoms with Crippen LogP contribution in [0.5, 0.6) is 5.75 Å². The molecular formula is C11H18O3Si. The summed E-state index contributed by atoms with van der Waals surface area (Å²) in [6.45, 7) is 5.31. The fraction of sp³-hybridized carbons (Fsp3) is 0.455. The van der Waals surface area contributed by atoms with Crippen molar-refractivity contribution in [3.63, 3.8) is 0 Å². The lowest BCUT2D eigenvalue weighted by Gasteiger charge is -2.17. The van der Waals surface area contributed by atoms with Gasteiger partial charge < -0.3 is 13.6 Å². The summed E-state index contributed by atoms with van der Waals surface area (Å²) in [6, 6.07) is 7.88. The minimum atomic E-state index is -1.77. The first-order valence-corrected chi connectivity index (χ1v) is 6.71. The highest BCUT2D eigenvalue weighted by molar-refractivity contribution is 6.62. The molecule has 1 aromatic rings. The maximum absolute atomic E-state index is 5.65. The third-order valence-corrected chi connectivity index (χ3v) is 4.29. The van der Waals surface area contributed by atoms with Gasteiger partial charge in [0.2, 0.25) is 0 Å². The van der Waals surface area contributed by atoms with Gasteiger partial charge in [0.15, 0.2) is 0 Å². The predicted molar refractivity (Wildman–Crippen MR) is 63.0 cm³/mol. The van der Waals surface area contributed by atoms with Gasteiger partial charge in [0.1, 0.15) is 5.75 Å². The Balaban J connectivity index is 2.88. The van der Waals surface area contributed by atoms with Gasteiger partial charge >= 0.3 is 9.28 Å². The first-order valence-electron chi connectivity index (χ1n) is 5.19. The van der Waals surface area contributed by atoms with Gasteiger partial charge in [-0.1, -0.05) is 18.2 Å². The van der Waals surface area contributed by atoms with Crippen LogP contribution in [0.4, 0.5) is 0 Å². The Bertz CT molecular complexity index is 285. The minimum absolute atomic E-state index is 0.676. The van der Waals surface area contributed by atoms with Crippen LogP contribution in [0.25, 0.3) is 0 Å². The van der Waals surface area contributed by atoms with Crippen LogP contribution in [0, 0.1) is 0 Å². The fourth-order valence-corrected chi connectivity index (χ4v) is 3.17. The van der Waals surface area contributed by atoms with Crippen LogP contribution in [-0.2, 0) is 8.85 Å². The van der Waals surface area contributed by atoms with Gasteiger partial charge in [0.05, 0.1) is 7.11 Å². The maximum Gasteiger partial charge on any atom is 0.359 e. The SMILES string of the molecule is CCO[SiH](OCC)c1ccccc1OC. The second-order valence-corrected chi connectivity index (χ2v) is 4.94. The lowest BCUT2D eigenvalue weighted by molar-refractivity contribution is 0.224. The van der Waals surface area contributed by atoms with Crippen molar-refractivity contribution in [2.45, 2.75) is 13.8 Å². The molecule has 84 valence electrons. The van der Waals surface area contributed by atoms with Gasteiger partial charge in [-0.2, -0.15) is 0 Å². The number of hydrogen-bond donors (Lipinski definition) is 0. The minimum Gasteiger partial charge on any atom is -0.497 e. The summed E-state index contributed by atoms with van der Waals surface area (Å²) in [6.07, 6.45) is 0. The van der Waals surface area contributed by atoms with Crippen LogP contribution in [0.15, 0.2) is 24.3 Å². The summed E-state index contributed by atoms with van der Waals surface area (Å²) < 4.78 is 16.6. The zero-order valence-electron chi connectivity index (χ0n) is 9.53. The maximum atomic E-state index is 5.65. The topological polar surface area (TPSA) is 27.7 Å². The normalized spacial score (nSPS) is 10.7. The molecule has 0 aromatic heterocycles. The molecule has 0 fully saturated rings. The smallest absolute Gasteiger partial charge is 0.359 e. The molecule has 0 aliphatic heterocycles. The predicted octanol–water partition coefficient (Wildman–Crippen LogP) is 1.20. The second-order valence-electron chi connectivity index (χ2n) is 2.98. The largest absolute Gasteiger partial charge is 0.497 e. The van der Waals surface area contributed by atoms with Crippen molar-refractivity contribution < 1.29 is 13.6 Å². The van der Waals surface area contributed by atoms with E-state index < -0.39 is 9.28 Å². The van der Waals surface area contributed by atoms with E-state index in [4.69, 9.17) is 13.6 Å². The Morgan fingerprint density at radius 3 is 2.20 bits per heavy atom. The molecule has 0 aliphatic rings. The summed E-state index contributed by atoms with van der Waals surface area (Å²) in [4.78, 5) is 0. The van der Waals surface area contributed by atoms with E-state index in [1.807, 2.05) is 38.1 Å². The zero-order valence-corrected chi connectivity index (χ0v) is 10.7. The van der Waals surface area contributed by atoms with Crippen LogP contribution < -0.4 is 9.92 Å². The van der Waals surface area contributed by atoms with Crippen molar-refractivity contribution in [2.24, 2.45) is 0 Å². The fourth-order valence-electron chi connectivity index (χ4n) is 1.39. The number of rotatable bonds is 6. The van der Waals surface area contributed by atoms with Crippen LogP contribution in [0.1, 0.15) is 13.8 Å². The molecular weight excluding hydrogens is 208 g/mol. The average Bonchev–Trinajstić information content (AvgIpc) is 2.29. The Morgan fingerprint density at radius 1 is 1.07 bits per heavy atom. The lowest BCUT2D eigenvalue weighted by atomic mass is 10.3. The van der Waals surface area contributed by atoms with Crippen molar-refractivity contribution in [2.75, 3.05) is 20.3 Å². The summed E-state index contributed by atoms with van der Waals surface area (Å²) in [5, 5.41) is 1.07. The van der Waals surface area contributed by atoms with E-state index in [0.29, 0.717) is 13.2 Å². The third-order valence-electron chi connectivity index (χ3n) is 2.03. The molecule has 0 saturated heterocycles. The Hall–Kier alpha value is -0.843. The van der Waals surface area contributed by atoms with Gasteiger partial charge in [0, 0.05) is 18.4 Å². The molecule has 0 atom stereocenters. The Morgan fingerprint density at radius 2 is 1.67 bits per heavy atom. The van der Waals surface area contributed by atoms with Gasteiger partial charge in [-0.3, -0.25) is 0 Å². The molecule has 0 unspecified atom stereocenters. The number of ether oxygens (including phenoxy) is 1. The van der Waals surface area contributed by atoms with E-state index in [1.165, 1.54) is 0 Å². The molecule has 0 spiro atoms. The quantitative estimate of drug-likeness (QED) is 0.682. The number of methoxy groups -OCH3 is 1. The summed E-state index contributed by atoms with van der Waals surface area (Å²) >= 11 is 0. The van der Waals surface area contributed by atoms with Crippen LogP contribution in [0.2, 0.25) is 0 Å². The molecule has 0 bridgehead atoms. The van der Waals surface area contributed by atoms with Gasteiger partial charge in [-0.25, -0.2) is 0 Å². The first kappa shape index (κ1) is 12.2. The second kappa shape index (κ2) is 6.61. The van der Waals surface area contributed by atoms with Gasteiger partial charge in [-0.05, 0) is 19.9 Å². The molecule has 0 aliphatic carbocycles. The highest BCUT2D eigenvalue weighted by Crippen LogP contribution is 2.08. The highest BCUT2D eigenvalue weighted by Gasteiger charge is 2.19. The van der Waals surface area contributed by atoms with E-state index in [-0.39, 0.29) is 0 Å². The molecule has 0 amide bonds. The number of hydrogen-bond acceptors (Lipinski definition) is 3. The average molecular weight is 226 g/mol. The Labute approximate surface area is 92.8 Å². The summed E-state index contributed by atoms with van der Waals surface area (Å²) in [5.74, 6) is 0.857. The Kier molecular flexibility index (Phi) is 5.38. The van der Waals surface area contributed by atoms with E-state index in [0.717, 1.165) is 10.9 Å². The van der Waals surface area contributed by atoms with Gasteiger partial charge in [0.25, 0.3) is 0 Å². The van der Waals surface area contributed by atoms with Crippen LogP contribution in [-0.4, -0.2) is 29.6 Å². The zero-order chi connectivity index (χ0) is 11.1. The van der Waals surface area contributed by atoms with Gasteiger partial charge in [-0.15, -0.1) is 0 Å². The van der Waals surface area contributed by atoms with Crippen molar-refractivity contribution in [1.29, 1.82) is 0 Å². The standard InChI is InChI=1S/C11H18O3Si/c1-4-13-15(14-5-2)11-9-7-6-8-10(11)12-3/h6-9,15H,4-5H2,1-3H3. The van der Waals surface area contributed by atoms with Crippen LogP contribution in [0.3, 0.4) is 0 Å². The van der Waals surface area contributed by atoms with E-state index in [1.54, 1.807) is 7.11 Å². The molecule has 0 N–H and O–H groups in total. The molecule has 4 heteroatoms. The highest BCUT2D eigenvalue weighted by atomic mass is 28.3. The first-order chi connectivity index (χ1) is 7.33.